The van der Waals surface area contributed by atoms with E-state index >= 15 is 0 Å². The van der Waals surface area contributed by atoms with Crippen molar-refractivity contribution in [2.75, 3.05) is 11.9 Å². The molecule has 1 amide bonds. The summed E-state index contributed by atoms with van der Waals surface area (Å²) in [6.45, 7) is 4.67. The maximum absolute atomic E-state index is 11.7. The van der Waals surface area contributed by atoms with Gasteiger partial charge < -0.3 is 10.6 Å². The summed E-state index contributed by atoms with van der Waals surface area (Å²) in [7, 11) is 0. The molecule has 17 heavy (non-hydrogen) atoms. The van der Waals surface area contributed by atoms with Crippen LogP contribution in [0.1, 0.15) is 26.7 Å². The molecule has 1 atom stereocenters. The van der Waals surface area contributed by atoms with Crippen LogP contribution in [0, 0.1) is 0 Å². The Morgan fingerprint density at radius 1 is 1.47 bits per heavy atom. The zero-order valence-electron chi connectivity index (χ0n) is 10.3. The predicted octanol–water partition coefficient (Wildman–Crippen LogP) is 3.06. The van der Waals surface area contributed by atoms with Crippen molar-refractivity contribution >= 4 is 23.2 Å². The second kappa shape index (κ2) is 7.17. The Morgan fingerprint density at radius 3 is 2.88 bits per heavy atom. The molecule has 2 N–H and O–H groups in total. The Hall–Kier alpha value is -1.22. The van der Waals surface area contributed by atoms with Gasteiger partial charge >= 0.3 is 0 Å². The summed E-state index contributed by atoms with van der Waals surface area (Å²) < 4.78 is 0. The van der Waals surface area contributed by atoms with Crippen LogP contribution in [-0.2, 0) is 4.79 Å². The fourth-order valence-electron chi connectivity index (χ4n) is 1.44. The Bertz CT molecular complexity index is 368. The minimum absolute atomic E-state index is 0.0124. The van der Waals surface area contributed by atoms with E-state index in [2.05, 4.69) is 17.6 Å². The average molecular weight is 255 g/mol. The van der Waals surface area contributed by atoms with E-state index in [9.17, 15) is 4.79 Å². The molecule has 0 aromatic heterocycles. The number of amides is 1. The monoisotopic (exact) mass is 254 g/mol. The predicted molar refractivity (Wildman–Crippen MR) is 72.5 cm³/mol. The molecule has 4 heteroatoms. The summed E-state index contributed by atoms with van der Waals surface area (Å²) in [5.41, 5.74) is 0.857. The number of anilines is 1. The number of hydrogen-bond acceptors (Lipinski definition) is 2. The Balaban J connectivity index is 2.43. The molecule has 0 saturated carbocycles. The lowest BCUT2D eigenvalue weighted by Gasteiger charge is -2.15. The highest BCUT2D eigenvalue weighted by Gasteiger charge is 2.11. The van der Waals surface area contributed by atoms with E-state index < -0.39 is 0 Å². The lowest BCUT2D eigenvalue weighted by Crippen LogP contribution is -2.37. The molecule has 0 spiro atoms. The zero-order chi connectivity index (χ0) is 12.7. The Morgan fingerprint density at radius 2 is 2.24 bits per heavy atom. The van der Waals surface area contributed by atoms with Crippen LogP contribution in [0.25, 0.3) is 0 Å². The first-order chi connectivity index (χ1) is 8.13. The summed E-state index contributed by atoms with van der Waals surface area (Å²) >= 11 is 5.87. The van der Waals surface area contributed by atoms with Gasteiger partial charge in [0.2, 0.25) is 5.91 Å². The van der Waals surface area contributed by atoms with Gasteiger partial charge in [0.15, 0.2) is 0 Å². The molecule has 0 aliphatic heterocycles. The van der Waals surface area contributed by atoms with Crippen molar-refractivity contribution in [3.63, 3.8) is 0 Å². The fraction of sp³-hybridized carbons (Fsp3) is 0.462. The summed E-state index contributed by atoms with van der Waals surface area (Å²) in [6, 6.07) is 7.09. The highest BCUT2D eigenvalue weighted by Crippen LogP contribution is 2.15. The van der Waals surface area contributed by atoms with Crippen LogP contribution in [0.5, 0.6) is 0 Å². The Labute approximate surface area is 108 Å². The number of benzene rings is 1. The summed E-state index contributed by atoms with van der Waals surface area (Å²) in [5, 5.41) is 6.66. The second-order valence-corrected chi connectivity index (χ2v) is 4.46. The van der Waals surface area contributed by atoms with Gasteiger partial charge in [-0.15, -0.1) is 0 Å². The van der Waals surface area contributed by atoms with Gasteiger partial charge in [-0.3, -0.25) is 4.79 Å². The van der Waals surface area contributed by atoms with Crippen LogP contribution >= 0.6 is 11.6 Å². The van der Waals surface area contributed by atoms with Gasteiger partial charge in [-0.2, -0.15) is 0 Å². The van der Waals surface area contributed by atoms with Crippen molar-refractivity contribution in [2.45, 2.75) is 32.7 Å². The fourth-order valence-corrected chi connectivity index (χ4v) is 1.63. The molecule has 94 valence electrons. The minimum atomic E-state index is -0.259. The molecule has 0 saturated heterocycles. The first kappa shape index (κ1) is 13.8. The van der Waals surface area contributed by atoms with Crippen LogP contribution in [0.4, 0.5) is 5.69 Å². The smallest absolute Gasteiger partial charge is 0.242 e. The first-order valence-electron chi connectivity index (χ1n) is 5.93. The number of carbonyl (C=O) groups is 1. The molecule has 0 fully saturated rings. The molecule has 0 aliphatic carbocycles. The highest BCUT2D eigenvalue weighted by molar-refractivity contribution is 6.30. The van der Waals surface area contributed by atoms with E-state index in [1.165, 1.54) is 0 Å². The number of rotatable bonds is 6. The van der Waals surface area contributed by atoms with E-state index in [-0.39, 0.29) is 11.9 Å². The number of hydrogen-bond donors (Lipinski definition) is 2. The molecule has 0 heterocycles. The van der Waals surface area contributed by atoms with Crippen molar-refractivity contribution in [3.05, 3.63) is 29.3 Å². The lowest BCUT2D eigenvalue weighted by molar-refractivity contribution is -0.121. The van der Waals surface area contributed by atoms with Gasteiger partial charge in [0.05, 0.1) is 0 Å². The van der Waals surface area contributed by atoms with E-state index in [1.807, 2.05) is 19.1 Å². The number of halogens is 1. The van der Waals surface area contributed by atoms with Crippen molar-refractivity contribution in [3.8, 4) is 0 Å². The van der Waals surface area contributed by atoms with Crippen LogP contribution < -0.4 is 10.6 Å². The molecule has 1 aromatic rings. The molecule has 1 aromatic carbocycles. The molecule has 3 nitrogen and oxygen atoms in total. The van der Waals surface area contributed by atoms with Crippen molar-refractivity contribution in [1.29, 1.82) is 0 Å². The van der Waals surface area contributed by atoms with Gasteiger partial charge in [-0.1, -0.05) is 31.0 Å². The van der Waals surface area contributed by atoms with Gasteiger partial charge in [-0.25, -0.2) is 0 Å². The number of unbranched alkanes of at least 4 members (excludes halogenated alkanes) is 1. The second-order valence-electron chi connectivity index (χ2n) is 4.02. The Kier molecular flexibility index (Phi) is 5.84. The van der Waals surface area contributed by atoms with Gasteiger partial charge in [0.25, 0.3) is 0 Å². The van der Waals surface area contributed by atoms with E-state index in [4.69, 9.17) is 11.6 Å². The van der Waals surface area contributed by atoms with Crippen LogP contribution in [0.15, 0.2) is 24.3 Å². The molecular weight excluding hydrogens is 236 g/mol. The largest absolute Gasteiger partial charge is 0.374 e. The SMILES string of the molecule is CCCCNC(=O)C(C)Nc1cccc(Cl)c1. The maximum Gasteiger partial charge on any atom is 0.242 e. The zero-order valence-corrected chi connectivity index (χ0v) is 11.1. The first-order valence-corrected chi connectivity index (χ1v) is 6.31. The molecule has 1 rings (SSSR count). The number of carbonyl (C=O) groups excluding carboxylic acids is 1. The third-order valence-electron chi connectivity index (χ3n) is 2.43. The number of nitrogens with one attached hydrogen (secondary N) is 2. The van der Waals surface area contributed by atoms with Crippen molar-refractivity contribution in [1.82, 2.24) is 5.32 Å². The summed E-state index contributed by atoms with van der Waals surface area (Å²) in [5.74, 6) is 0.0124. The van der Waals surface area contributed by atoms with E-state index in [0.29, 0.717) is 5.02 Å². The third-order valence-corrected chi connectivity index (χ3v) is 2.67. The molecule has 0 radical (unpaired) electrons. The lowest BCUT2D eigenvalue weighted by atomic mass is 10.2. The molecule has 1 unspecified atom stereocenters. The van der Waals surface area contributed by atoms with Crippen LogP contribution in [0.3, 0.4) is 0 Å². The quantitative estimate of drug-likeness (QED) is 0.766. The molecule has 0 aliphatic rings. The van der Waals surface area contributed by atoms with Crippen LogP contribution in [-0.4, -0.2) is 18.5 Å². The molecular formula is C13H19ClN2O. The van der Waals surface area contributed by atoms with Crippen LogP contribution in [0.2, 0.25) is 5.02 Å². The highest BCUT2D eigenvalue weighted by atomic mass is 35.5. The normalized spacial score (nSPS) is 11.9. The van der Waals surface area contributed by atoms with Gasteiger partial charge in [0, 0.05) is 17.3 Å². The van der Waals surface area contributed by atoms with Gasteiger partial charge in [-0.05, 0) is 31.5 Å². The third kappa shape index (κ3) is 5.09. The van der Waals surface area contributed by atoms with Gasteiger partial charge in [0.1, 0.15) is 6.04 Å². The molecule has 0 bridgehead atoms. The summed E-state index contributed by atoms with van der Waals surface area (Å²) in [6.07, 6.45) is 2.09. The standard InChI is InChI=1S/C13H19ClN2O/c1-3-4-8-15-13(17)10(2)16-12-7-5-6-11(14)9-12/h5-7,9-10,16H,3-4,8H2,1-2H3,(H,15,17). The van der Waals surface area contributed by atoms with Crippen molar-refractivity contribution in [2.24, 2.45) is 0 Å². The van der Waals surface area contributed by atoms with Crippen molar-refractivity contribution < 1.29 is 4.79 Å². The van der Waals surface area contributed by atoms with E-state index in [0.717, 1.165) is 25.1 Å². The summed E-state index contributed by atoms with van der Waals surface area (Å²) in [4.78, 5) is 11.7. The van der Waals surface area contributed by atoms with E-state index in [1.54, 1.807) is 12.1 Å². The topological polar surface area (TPSA) is 41.1 Å². The minimum Gasteiger partial charge on any atom is -0.374 e. The maximum atomic E-state index is 11.7. The average Bonchev–Trinajstić information content (AvgIpc) is 2.29.